The predicted molar refractivity (Wildman–Crippen MR) is 132 cm³/mol. The summed E-state index contributed by atoms with van der Waals surface area (Å²) in [6.45, 7) is 14.1. The van der Waals surface area contributed by atoms with E-state index in [4.69, 9.17) is 21.0 Å². The average molecular weight is 438 g/mol. The highest BCUT2D eigenvalue weighted by molar-refractivity contribution is 5.71. The minimum atomic E-state index is 0.116. The highest BCUT2D eigenvalue weighted by atomic mass is 16.5. The number of hydrogen-bond donors (Lipinski definition) is 1. The van der Waals surface area contributed by atoms with Crippen LogP contribution in [0.5, 0.6) is 11.5 Å². The van der Waals surface area contributed by atoms with Gasteiger partial charge >= 0.3 is 0 Å². The molecule has 4 aromatic rings. The van der Waals surface area contributed by atoms with E-state index in [1.165, 1.54) is 5.56 Å². The third kappa shape index (κ3) is 5.07. The molecule has 0 aliphatic carbocycles. The van der Waals surface area contributed by atoms with Crippen molar-refractivity contribution in [3.63, 3.8) is 0 Å². The maximum Gasteiger partial charge on any atom is 0.187 e. The van der Waals surface area contributed by atoms with E-state index in [2.05, 4.69) is 54.9 Å². The van der Waals surface area contributed by atoms with Crippen molar-refractivity contribution in [1.82, 2.24) is 9.97 Å². The molecule has 0 bridgehead atoms. The molecule has 1 N–H and O–H groups in total. The molecule has 1 heterocycles. The Labute approximate surface area is 194 Å². The number of imidazole rings is 1. The van der Waals surface area contributed by atoms with Crippen molar-refractivity contribution in [3.05, 3.63) is 95.5 Å². The zero-order valence-electron chi connectivity index (χ0n) is 19.3. The van der Waals surface area contributed by atoms with Crippen molar-refractivity contribution in [2.45, 2.75) is 32.8 Å². The van der Waals surface area contributed by atoms with Crippen molar-refractivity contribution in [1.29, 1.82) is 0 Å². The summed E-state index contributed by atoms with van der Waals surface area (Å²) in [5, 5.41) is 0. The molecule has 0 aliphatic rings. The monoisotopic (exact) mass is 437 g/mol. The molecule has 0 aliphatic heterocycles. The number of nitrogens with zero attached hydrogens (tertiary/aromatic N) is 2. The molecular formula is C28H27N3O2. The standard InChI is InChI=1S/C28H27N3O2/c1-28(2,3)21-10-8-20(9-11-21)27-30-17-25(31-27)24-15-14-23(16-26(24)32-5)33-18-19-6-12-22(29-4)13-7-19/h6-17H,18H2,1-3,5H3,(H,30,31). The summed E-state index contributed by atoms with van der Waals surface area (Å²) < 4.78 is 11.6. The third-order valence-electron chi connectivity index (χ3n) is 5.52. The lowest BCUT2D eigenvalue weighted by atomic mass is 9.87. The highest BCUT2D eigenvalue weighted by Crippen LogP contribution is 2.34. The van der Waals surface area contributed by atoms with Gasteiger partial charge in [0.1, 0.15) is 23.9 Å². The van der Waals surface area contributed by atoms with Crippen molar-refractivity contribution < 1.29 is 9.47 Å². The molecule has 0 saturated heterocycles. The smallest absolute Gasteiger partial charge is 0.187 e. The molecule has 0 fully saturated rings. The quantitative estimate of drug-likeness (QED) is 0.325. The van der Waals surface area contributed by atoms with Crippen LogP contribution in [0.4, 0.5) is 5.69 Å². The second-order valence-electron chi connectivity index (χ2n) is 8.89. The fourth-order valence-corrected chi connectivity index (χ4v) is 3.54. The highest BCUT2D eigenvalue weighted by Gasteiger charge is 2.15. The molecular weight excluding hydrogens is 410 g/mol. The van der Waals surface area contributed by atoms with Crippen LogP contribution in [0.2, 0.25) is 0 Å². The van der Waals surface area contributed by atoms with Crippen LogP contribution >= 0.6 is 0 Å². The number of aromatic amines is 1. The van der Waals surface area contributed by atoms with Gasteiger partial charge in [0.25, 0.3) is 0 Å². The first-order valence-electron chi connectivity index (χ1n) is 10.8. The molecule has 0 saturated carbocycles. The van der Waals surface area contributed by atoms with Gasteiger partial charge in [0, 0.05) is 23.4 Å². The van der Waals surface area contributed by atoms with E-state index in [1.54, 1.807) is 19.2 Å². The van der Waals surface area contributed by atoms with Gasteiger partial charge in [0.2, 0.25) is 0 Å². The summed E-state index contributed by atoms with van der Waals surface area (Å²) in [6, 6.07) is 21.6. The summed E-state index contributed by atoms with van der Waals surface area (Å²) in [5.74, 6) is 2.21. The summed E-state index contributed by atoms with van der Waals surface area (Å²) in [5.41, 5.74) is 5.76. The van der Waals surface area contributed by atoms with Crippen LogP contribution in [0.3, 0.4) is 0 Å². The summed E-state index contributed by atoms with van der Waals surface area (Å²) in [7, 11) is 1.64. The Balaban J connectivity index is 1.51. The van der Waals surface area contributed by atoms with E-state index in [-0.39, 0.29) is 5.41 Å². The van der Waals surface area contributed by atoms with Crippen LogP contribution < -0.4 is 9.47 Å². The van der Waals surface area contributed by atoms with Gasteiger partial charge in [-0.05, 0) is 28.7 Å². The normalized spacial score (nSPS) is 11.1. The summed E-state index contributed by atoms with van der Waals surface area (Å²) in [4.78, 5) is 11.5. The van der Waals surface area contributed by atoms with Crippen LogP contribution in [-0.4, -0.2) is 17.1 Å². The Kier molecular flexibility index (Phi) is 6.19. The summed E-state index contributed by atoms with van der Waals surface area (Å²) >= 11 is 0. The fourth-order valence-electron chi connectivity index (χ4n) is 3.54. The molecule has 0 amide bonds. The molecule has 0 spiro atoms. The molecule has 4 rings (SSSR count). The van der Waals surface area contributed by atoms with E-state index in [1.807, 2.05) is 36.5 Å². The molecule has 0 unspecified atom stereocenters. The van der Waals surface area contributed by atoms with E-state index >= 15 is 0 Å². The number of hydrogen-bond acceptors (Lipinski definition) is 3. The first-order chi connectivity index (χ1) is 15.9. The van der Waals surface area contributed by atoms with Crippen molar-refractivity contribution >= 4 is 5.69 Å². The molecule has 166 valence electrons. The van der Waals surface area contributed by atoms with Gasteiger partial charge in [-0.25, -0.2) is 9.83 Å². The molecule has 5 heteroatoms. The van der Waals surface area contributed by atoms with Crippen LogP contribution in [0, 0.1) is 6.57 Å². The first-order valence-corrected chi connectivity index (χ1v) is 10.8. The van der Waals surface area contributed by atoms with Gasteiger partial charge in [0.15, 0.2) is 5.69 Å². The van der Waals surface area contributed by atoms with Crippen LogP contribution in [0.15, 0.2) is 72.9 Å². The van der Waals surface area contributed by atoms with Gasteiger partial charge in [0.05, 0.1) is 19.4 Å². The van der Waals surface area contributed by atoms with Crippen LogP contribution in [0.1, 0.15) is 31.9 Å². The second-order valence-corrected chi connectivity index (χ2v) is 8.89. The number of nitrogens with one attached hydrogen (secondary N) is 1. The van der Waals surface area contributed by atoms with E-state index < -0.39 is 0 Å². The van der Waals surface area contributed by atoms with E-state index in [9.17, 15) is 0 Å². The maximum absolute atomic E-state index is 7.04. The Morgan fingerprint density at radius 2 is 1.70 bits per heavy atom. The van der Waals surface area contributed by atoms with Crippen molar-refractivity contribution in [2.24, 2.45) is 0 Å². The molecule has 0 radical (unpaired) electrons. The predicted octanol–water partition coefficient (Wildman–Crippen LogP) is 7.18. The average Bonchev–Trinajstić information content (AvgIpc) is 3.32. The zero-order valence-corrected chi connectivity index (χ0v) is 19.3. The maximum atomic E-state index is 7.04. The third-order valence-corrected chi connectivity index (χ3v) is 5.52. The minimum Gasteiger partial charge on any atom is -0.496 e. The largest absolute Gasteiger partial charge is 0.496 e. The number of benzene rings is 3. The van der Waals surface area contributed by atoms with E-state index in [0.717, 1.165) is 28.2 Å². The molecule has 0 atom stereocenters. The molecule has 1 aromatic heterocycles. The van der Waals surface area contributed by atoms with Gasteiger partial charge in [-0.15, -0.1) is 0 Å². The lowest BCUT2D eigenvalue weighted by molar-refractivity contribution is 0.304. The SMILES string of the molecule is [C-]#[N+]c1ccc(COc2ccc(-c3c[nH]c(-c4ccc(C(C)(C)C)cc4)n3)c(OC)c2)cc1. The summed E-state index contributed by atoms with van der Waals surface area (Å²) in [6.07, 6.45) is 1.89. The lowest BCUT2D eigenvalue weighted by Crippen LogP contribution is -2.10. The van der Waals surface area contributed by atoms with Gasteiger partial charge in [-0.3, -0.25) is 0 Å². The topological polar surface area (TPSA) is 51.5 Å². The van der Waals surface area contributed by atoms with Crippen LogP contribution in [0.25, 0.3) is 27.5 Å². The Morgan fingerprint density at radius 1 is 0.970 bits per heavy atom. The Morgan fingerprint density at radius 3 is 2.33 bits per heavy atom. The van der Waals surface area contributed by atoms with Gasteiger partial charge in [-0.2, -0.15) is 0 Å². The molecule has 5 nitrogen and oxygen atoms in total. The number of rotatable bonds is 6. The fraction of sp³-hybridized carbons (Fsp3) is 0.214. The van der Waals surface area contributed by atoms with E-state index in [0.29, 0.717) is 23.8 Å². The molecule has 3 aromatic carbocycles. The lowest BCUT2D eigenvalue weighted by Gasteiger charge is -2.18. The molecule has 33 heavy (non-hydrogen) atoms. The van der Waals surface area contributed by atoms with Crippen molar-refractivity contribution in [2.75, 3.05) is 7.11 Å². The van der Waals surface area contributed by atoms with Crippen LogP contribution in [-0.2, 0) is 12.0 Å². The number of H-pyrrole nitrogens is 1. The Bertz CT molecular complexity index is 1270. The Hall–Kier alpha value is -4.04. The number of aromatic nitrogens is 2. The number of methoxy groups -OCH3 is 1. The van der Waals surface area contributed by atoms with Gasteiger partial charge < -0.3 is 14.5 Å². The van der Waals surface area contributed by atoms with Crippen molar-refractivity contribution in [3.8, 4) is 34.1 Å². The first kappa shape index (κ1) is 22.2. The zero-order chi connectivity index (χ0) is 23.4. The second kappa shape index (κ2) is 9.22. The minimum absolute atomic E-state index is 0.116. The van der Waals surface area contributed by atoms with Gasteiger partial charge in [-0.1, -0.05) is 69.3 Å². The number of ether oxygens (including phenoxy) is 2.